The molecule has 0 radical (unpaired) electrons. The lowest BCUT2D eigenvalue weighted by Crippen LogP contribution is -2.55. The van der Waals surface area contributed by atoms with Crippen LogP contribution in [0.5, 0.6) is 5.75 Å². The van der Waals surface area contributed by atoms with Crippen LogP contribution in [0.25, 0.3) is 10.8 Å². The Morgan fingerprint density at radius 3 is 2.73 bits per heavy atom. The van der Waals surface area contributed by atoms with E-state index in [1.165, 1.54) is 4.90 Å². The van der Waals surface area contributed by atoms with Gasteiger partial charge in [0.25, 0.3) is 11.8 Å². The molecular formula is C24H26N4O5. The Kier molecular flexibility index (Phi) is 6.43. The molecule has 1 fully saturated rings. The minimum absolute atomic E-state index is 0.0375. The van der Waals surface area contributed by atoms with Crippen molar-refractivity contribution in [3.05, 3.63) is 54.7 Å². The van der Waals surface area contributed by atoms with Crippen molar-refractivity contribution in [3.63, 3.8) is 0 Å². The first-order valence-corrected chi connectivity index (χ1v) is 10.7. The number of ether oxygens (including phenoxy) is 2. The van der Waals surface area contributed by atoms with Crippen LogP contribution < -0.4 is 20.7 Å². The van der Waals surface area contributed by atoms with Gasteiger partial charge in [-0.3, -0.25) is 9.59 Å². The van der Waals surface area contributed by atoms with Gasteiger partial charge < -0.3 is 30.5 Å². The molecule has 1 aliphatic rings. The molecule has 2 atom stereocenters. The molecule has 0 aliphatic carbocycles. The predicted molar refractivity (Wildman–Crippen MR) is 125 cm³/mol. The van der Waals surface area contributed by atoms with Crippen LogP contribution in [0.15, 0.2) is 54.7 Å². The van der Waals surface area contributed by atoms with Gasteiger partial charge >= 0.3 is 0 Å². The standard InChI is InChI=1S/C24H26N4O5/c1-14(2)33-18-6-4-17(5-7-18)28-11-12-32-21(24(28)31)20(29)23(30)27-16-3-8-19-15(13-16)9-10-26-22(19)25/h3-10,13-14,20-21,29H,11-12H2,1-2H3,(H2,25,26)(H,27,30)/t20-,21-/m1/s1. The number of aliphatic hydroxyl groups is 1. The molecule has 33 heavy (non-hydrogen) atoms. The van der Waals surface area contributed by atoms with Crippen LogP contribution in [0.3, 0.4) is 0 Å². The molecule has 4 N–H and O–H groups in total. The van der Waals surface area contributed by atoms with E-state index in [0.717, 1.165) is 10.8 Å². The number of carbonyl (C=O) groups is 2. The van der Waals surface area contributed by atoms with Crippen LogP contribution in [0.1, 0.15) is 13.8 Å². The van der Waals surface area contributed by atoms with Gasteiger partial charge in [-0.05, 0) is 67.8 Å². The normalized spacial score (nSPS) is 17.3. The van der Waals surface area contributed by atoms with Gasteiger partial charge in [0, 0.05) is 29.5 Å². The smallest absolute Gasteiger partial charge is 0.259 e. The summed E-state index contributed by atoms with van der Waals surface area (Å²) in [7, 11) is 0. The maximum atomic E-state index is 13.0. The van der Waals surface area contributed by atoms with Gasteiger partial charge in [-0.1, -0.05) is 0 Å². The SMILES string of the molecule is CC(C)Oc1ccc(N2CCO[C@H]([C@@H](O)C(=O)Nc3ccc4c(N)nccc4c3)C2=O)cc1. The molecule has 0 saturated carbocycles. The maximum Gasteiger partial charge on any atom is 0.259 e. The van der Waals surface area contributed by atoms with E-state index in [1.54, 1.807) is 54.7 Å². The van der Waals surface area contributed by atoms with Gasteiger partial charge in [0.05, 0.1) is 12.7 Å². The zero-order valence-electron chi connectivity index (χ0n) is 18.4. The number of nitrogens with two attached hydrogens (primary N) is 1. The van der Waals surface area contributed by atoms with Crippen molar-refractivity contribution in [2.24, 2.45) is 0 Å². The third-order valence-corrected chi connectivity index (χ3v) is 5.26. The minimum atomic E-state index is -1.68. The zero-order valence-corrected chi connectivity index (χ0v) is 18.4. The Balaban J connectivity index is 1.45. The number of rotatable bonds is 6. The fourth-order valence-electron chi connectivity index (χ4n) is 3.70. The van der Waals surface area contributed by atoms with E-state index in [9.17, 15) is 14.7 Å². The second-order valence-electron chi connectivity index (χ2n) is 8.01. The fourth-order valence-corrected chi connectivity index (χ4v) is 3.70. The molecule has 9 nitrogen and oxygen atoms in total. The number of hydrogen-bond donors (Lipinski definition) is 3. The van der Waals surface area contributed by atoms with Crippen LogP contribution in [0, 0.1) is 0 Å². The molecule has 9 heteroatoms. The molecule has 1 aliphatic heterocycles. The number of anilines is 3. The summed E-state index contributed by atoms with van der Waals surface area (Å²) in [6.07, 6.45) is -1.38. The van der Waals surface area contributed by atoms with E-state index in [-0.39, 0.29) is 12.7 Å². The molecule has 1 saturated heterocycles. The molecule has 172 valence electrons. The number of nitrogen functional groups attached to an aromatic ring is 1. The molecule has 2 amide bonds. The molecule has 0 unspecified atom stereocenters. The Morgan fingerprint density at radius 1 is 1.24 bits per heavy atom. The summed E-state index contributed by atoms with van der Waals surface area (Å²) >= 11 is 0. The average Bonchev–Trinajstić information content (AvgIpc) is 2.79. The summed E-state index contributed by atoms with van der Waals surface area (Å²) in [5.41, 5.74) is 6.95. The summed E-state index contributed by atoms with van der Waals surface area (Å²) < 4.78 is 11.1. The summed E-state index contributed by atoms with van der Waals surface area (Å²) in [6, 6.07) is 13.9. The quantitative estimate of drug-likeness (QED) is 0.526. The van der Waals surface area contributed by atoms with Gasteiger partial charge in [0.2, 0.25) is 0 Å². The summed E-state index contributed by atoms with van der Waals surface area (Å²) in [6.45, 7) is 4.36. The van der Waals surface area contributed by atoms with Crippen LogP contribution in [0.4, 0.5) is 17.2 Å². The van der Waals surface area contributed by atoms with Gasteiger partial charge in [-0.2, -0.15) is 0 Å². The number of amides is 2. The number of nitrogens with zero attached hydrogens (tertiary/aromatic N) is 2. The van der Waals surface area contributed by atoms with Gasteiger partial charge in [0.1, 0.15) is 11.6 Å². The van der Waals surface area contributed by atoms with Crippen LogP contribution in [-0.2, 0) is 14.3 Å². The number of carbonyl (C=O) groups excluding carboxylic acids is 2. The zero-order chi connectivity index (χ0) is 23.5. The fraction of sp³-hybridized carbons (Fsp3) is 0.292. The number of nitrogens with one attached hydrogen (secondary N) is 1. The number of hydrogen-bond acceptors (Lipinski definition) is 7. The molecule has 2 heterocycles. The number of aliphatic hydroxyl groups excluding tert-OH is 1. The van der Waals surface area contributed by atoms with Crippen molar-refractivity contribution < 1.29 is 24.2 Å². The van der Waals surface area contributed by atoms with Gasteiger partial charge in [-0.15, -0.1) is 0 Å². The van der Waals surface area contributed by atoms with E-state index in [0.29, 0.717) is 29.5 Å². The van der Waals surface area contributed by atoms with Crippen molar-refractivity contribution in [2.75, 3.05) is 29.1 Å². The van der Waals surface area contributed by atoms with Crippen molar-refractivity contribution in [3.8, 4) is 5.75 Å². The predicted octanol–water partition coefficient (Wildman–Crippen LogP) is 2.34. The lowest BCUT2D eigenvalue weighted by atomic mass is 10.1. The highest BCUT2D eigenvalue weighted by Gasteiger charge is 2.39. The van der Waals surface area contributed by atoms with Crippen molar-refractivity contribution >= 4 is 39.8 Å². The summed E-state index contributed by atoms with van der Waals surface area (Å²) in [5, 5.41) is 14.8. The van der Waals surface area contributed by atoms with Crippen molar-refractivity contribution in [1.82, 2.24) is 4.98 Å². The van der Waals surface area contributed by atoms with E-state index in [4.69, 9.17) is 15.2 Å². The topological polar surface area (TPSA) is 127 Å². The molecule has 4 rings (SSSR count). The first-order valence-electron chi connectivity index (χ1n) is 10.7. The largest absolute Gasteiger partial charge is 0.491 e. The second kappa shape index (κ2) is 9.43. The summed E-state index contributed by atoms with van der Waals surface area (Å²) in [4.78, 5) is 31.2. The van der Waals surface area contributed by atoms with Gasteiger partial charge in [-0.25, -0.2) is 4.98 Å². The van der Waals surface area contributed by atoms with E-state index < -0.39 is 24.0 Å². The van der Waals surface area contributed by atoms with E-state index in [1.807, 2.05) is 13.8 Å². The van der Waals surface area contributed by atoms with Gasteiger partial charge in [0.15, 0.2) is 12.2 Å². The lowest BCUT2D eigenvalue weighted by molar-refractivity contribution is -0.150. The molecular weight excluding hydrogens is 424 g/mol. The van der Waals surface area contributed by atoms with Crippen LogP contribution in [0.2, 0.25) is 0 Å². The second-order valence-corrected chi connectivity index (χ2v) is 8.01. The van der Waals surface area contributed by atoms with Crippen molar-refractivity contribution in [2.45, 2.75) is 32.2 Å². The first kappa shape index (κ1) is 22.5. The number of morpholine rings is 1. The first-order chi connectivity index (χ1) is 15.8. The number of benzene rings is 2. The van der Waals surface area contributed by atoms with E-state index >= 15 is 0 Å². The number of pyridine rings is 1. The Morgan fingerprint density at radius 2 is 2.00 bits per heavy atom. The average molecular weight is 450 g/mol. The molecule has 0 spiro atoms. The Hall–Kier alpha value is -3.69. The van der Waals surface area contributed by atoms with Crippen LogP contribution in [-0.4, -0.2) is 53.4 Å². The highest BCUT2D eigenvalue weighted by Crippen LogP contribution is 2.25. The molecule has 0 bridgehead atoms. The van der Waals surface area contributed by atoms with Crippen molar-refractivity contribution in [1.29, 1.82) is 0 Å². The molecule has 3 aromatic rings. The number of fused-ring (bicyclic) bond motifs is 1. The third kappa shape index (κ3) is 4.89. The number of aromatic nitrogens is 1. The Labute approximate surface area is 191 Å². The van der Waals surface area contributed by atoms with E-state index in [2.05, 4.69) is 10.3 Å². The highest BCUT2D eigenvalue weighted by molar-refractivity contribution is 6.04. The molecule has 2 aromatic carbocycles. The Bertz CT molecular complexity index is 1170. The monoisotopic (exact) mass is 450 g/mol. The van der Waals surface area contributed by atoms with Crippen LogP contribution >= 0.6 is 0 Å². The highest BCUT2D eigenvalue weighted by atomic mass is 16.5. The third-order valence-electron chi connectivity index (χ3n) is 5.26. The summed E-state index contributed by atoms with van der Waals surface area (Å²) in [5.74, 6) is -0.148. The lowest BCUT2D eigenvalue weighted by Gasteiger charge is -2.34. The molecule has 1 aromatic heterocycles. The minimum Gasteiger partial charge on any atom is -0.491 e. The maximum absolute atomic E-state index is 13.0.